The number of anilines is 2. The molecule has 0 spiro atoms. The summed E-state index contributed by atoms with van der Waals surface area (Å²) < 4.78 is 8.39. The van der Waals surface area contributed by atoms with Crippen LogP contribution in [0.25, 0.3) is 23.0 Å². The van der Waals surface area contributed by atoms with Crippen molar-refractivity contribution >= 4 is 17.4 Å². The van der Waals surface area contributed by atoms with Gasteiger partial charge in [0.2, 0.25) is 11.7 Å². The predicted molar refractivity (Wildman–Crippen MR) is 93.1 cm³/mol. The van der Waals surface area contributed by atoms with Crippen LogP contribution in [0, 0.1) is 0 Å². The lowest BCUT2D eigenvalue weighted by Crippen LogP contribution is -2.13. The molecule has 4 aromatic rings. The number of nitrogens with one attached hydrogen (secondary N) is 1. The van der Waals surface area contributed by atoms with Gasteiger partial charge in [0.25, 0.3) is 5.91 Å². The lowest BCUT2D eigenvalue weighted by Gasteiger charge is -2.02. The summed E-state index contributed by atoms with van der Waals surface area (Å²) in [6, 6.07) is 3.29. The molecule has 3 N–H and O–H groups in total. The Balaban J connectivity index is 1.60. The van der Waals surface area contributed by atoms with Crippen LogP contribution in [0.4, 0.5) is 11.5 Å². The highest BCUT2D eigenvalue weighted by Gasteiger charge is 2.20. The Morgan fingerprint density at radius 1 is 1.33 bits per heavy atom. The Morgan fingerprint density at radius 3 is 2.93 bits per heavy atom. The molecule has 0 saturated heterocycles. The number of pyridine rings is 1. The summed E-state index contributed by atoms with van der Waals surface area (Å²) in [4.78, 5) is 20.7. The van der Waals surface area contributed by atoms with Gasteiger partial charge in [-0.05, 0) is 22.6 Å². The smallest absolute Gasteiger partial charge is 0.277 e. The fraction of sp³-hybridized carbons (Fsp3) is 0.133. The molecule has 0 bridgehead atoms. The highest BCUT2D eigenvalue weighted by atomic mass is 16.3. The number of nitrogens with zero attached hydrogens (tertiary/aromatic N) is 8. The van der Waals surface area contributed by atoms with Crippen molar-refractivity contribution < 1.29 is 9.21 Å². The summed E-state index contributed by atoms with van der Waals surface area (Å²) in [7, 11) is 3.41. The minimum atomic E-state index is -0.462. The average Bonchev–Trinajstić information content (AvgIpc) is 3.35. The van der Waals surface area contributed by atoms with Crippen molar-refractivity contribution in [2.24, 2.45) is 14.1 Å². The van der Waals surface area contributed by atoms with Crippen molar-refractivity contribution in [1.29, 1.82) is 0 Å². The van der Waals surface area contributed by atoms with Crippen LogP contribution in [-0.4, -0.2) is 45.9 Å². The molecule has 0 aromatic carbocycles. The first kappa shape index (κ1) is 16.4. The van der Waals surface area contributed by atoms with E-state index < -0.39 is 5.91 Å². The number of hydrogen-bond donors (Lipinski definition) is 2. The fourth-order valence-electron chi connectivity index (χ4n) is 2.45. The van der Waals surface area contributed by atoms with Gasteiger partial charge >= 0.3 is 0 Å². The van der Waals surface area contributed by atoms with Crippen LogP contribution in [-0.2, 0) is 14.1 Å². The maximum absolute atomic E-state index is 12.6. The minimum absolute atomic E-state index is 0.103. The molecule has 4 aromatic heterocycles. The first-order valence-corrected chi connectivity index (χ1v) is 7.76. The molecular weight excluding hydrogens is 352 g/mol. The summed E-state index contributed by atoms with van der Waals surface area (Å²) in [5.41, 5.74) is 7.25. The number of hydrogen-bond acceptors (Lipinski definition) is 9. The Kier molecular flexibility index (Phi) is 3.84. The number of carbonyl (C=O) groups excluding carboxylic acids is 1. The number of aromatic nitrogens is 8. The Bertz CT molecular complexity index is 1130. The third-order valence-corrected chi connectivity index (χ3v) is 3.67. The second-order valence-electron chi connectivity index (χ2n) is 5.65. The van der Waals surface area contributed by atoms with E-state index in [-0.39, 0.29) is 11.6 Å². The van der Waals surface area contributed by atoms with Crippen LogP contribution in [0.1, 0.15) is 10.5 Å². The molecule has 12 heteroatoms. The van der Waals surface area contributed by atoms with E-state index in [1.165, 1.54) is 17.1 Å². The zero-order valence-electron chi connectivity index (χ0n) is 14.4. The van der Waals surface area contributed by atoms with Crippen molar-refractivity contribution in [2.45, 2.75) is 0 Å². The van der Waals surface area contributed by atoms with Gasteiger partial charge in [-0.2, -0.15) is 5.10 Å². The van der Waals surface area contributed by atoms with Gasteiger partial charge in [-0.1, -0.05) is 0 Å². The van der Waals surface area contributed by atoms with Crippen LogP contribution in [0.3, 0.4) is 0 Å². The van der Waals surface area contributed by atoms with Gasteiger partial charge in [0.05, 0.1) is 5.69 Å². The first-order valence-electron chi connectivity index (χ1n) is 7.76. The molecule has 0 radical (unpaired) electrons. The summed E-state index contributed by atoms with van der Waals surface area (Å²) >= 11 is 0. The number of aryl methyl sites for hydroxylation is 2. The lowest BCUT2D eigenvalue weighted by molar-refractivity contribution is 0.102. The van der Waals surface area contributed by atoms with E-state index in [4.69, 9.17) is 10.2 Å². The van der Waals surface area contributed by atoms with E-state index in [0.717, 1.165) is 0 Å². The maximum atomic E-state index is 12.6. The lowest BCUT2D eigenvalue weighted by atomic mass is 10.2. The zero-order chi connectivity index (χ0) is 19.0. The van der Waals surface area contributed by atoms with E-state index in [1.54, 1.807) is 37.1 Å². The Hall–Kier alpha value is -4.09. The fourth-order valence-corrected chi connectivity index (χ4v) is 2.45. The quantitative estimate of drug-likeness (QED) is 0.525. The number of nitrogens with two attached hydrogens (primary N) is 1. The topological polar surface area (TPSA) is 155 Å². The molecule has 0 atom stereocenters. The molecule has 136 valence electrons. The standard InChI is InChI=1S/C15H14N10O2/c1-24-6-9(12(21-24)13-20-22-23-25(13)2)18-14(26)10-7-27-15(19-10)8-3-4-17-11(16)5-8/h3-7H,1-2H3,(H2,16,17)(H,18,26). The van der Waals surface area contributed by atoms with Crippen molar-refractivity contribution in [3.05, 3.63) is 36.5 Å². The van der Waals surface area contributed by atoms with Crippen LogP contribution in [0.2, 0.25) is 0 Å². The van der Waals surface area contributed by atoms with Gasteiger partial charge in [-0.3, -0.25) is 9.48 Å². The molecule has 4 heterocycles. The third-order valence-electron chi connectivity index (χ3n) is 3.67. The molecule has 27 heavy (non-hydrogen) atoms. The van der Waals surface area contributed by atoms with Crippen LogP contribution in [0.15, 0.2) is 35.2 Å². The molecule has 0 saturated carbocycles. The molecule has 4 rings (SSSR count). The van der Waals surface area contributed by atoms with E-state index in [2.05, 4.69) is 35.9 Å². The molecule has 1 amide bonds. The van der Waals surface area contributed by atoms with Gasteiger partial charge in [0.1, 0.15) is 12.1 Å². The molecule has 12 nitrogen and oxygen atoms in total. The predicted octanol–water partition coefficient (Wildman–Crippen LogP) is 0.495. The SMILES string of the molecule is Cn1cc(NC(=O)c2coc(-c3ccnc(N)c3)n2)c(-c2nnnn2C)n1. The van der Waals surface area contributed by atoms with Gasteiger partial charge < -0.3 is 15.5 Å². The van der Waals surface area contributed by atoms with Gasteiger partial charge in [-0.15, -0.1) is 5.10 Å². The van der Waals surface area contributed by atoms with Crippen LogP contribution >= 0.6 is 0 Å². The second-order valence-corrected chi connectivity index (χ2v) is 5.65. The number of oxazole rings is 1. The molecule has 0 aliphatic heterocycles. The number of rotatable bonds is 4. The number of carbonyl (C=O) groups is 1. The summed E-state index contributed by atoms with van der Waals surface area (Å²) in [5, 5.41) is 18.3. The van der Waals surface area contributed by atoms with Crippen LogP contribution < -0.4 is 11.1 Å². The first-order chi connectivity index (χ1) is 13.0. The third kappa shape index (κ3) is 3.10. The average molecular weight is 366 g/mol. The molecule has 0 aliphatic rings. The summed E-state index contributed by atoms with van der Waals surface area (Å²) in [6.07, 6.45) is 4.44. The molecular formula is C15H14N10O2. The van der Waals surface area contributed by atoms with Gasteiger partial charge in [0.15, 0.2) is 11.4 Å². The van der Waals surface area contributed by atoms with E-state index in [9.17, 15) is 4.79 Å². The highest BCUT2D eigenvalue weighted by Crippen LogP contribution is 2.25. The molecule has 0 aliphatic carbocycles. The maximum Gasteiger partial charge on any atom is 0.277 e. The summed E-state index contributed by atoms with van der Waals surface area (Å²) in [6.45, 7) is 0. The van der Waals surface area contributed by atoms with E-state index in [1.807, 2.05) is 0 Å². The van der Waals surface area contributed by atoms with Gasteiger partial charge in [0, 0.05) is 32.1 Å². The van der Waals surface area contributed by atoms with Crippen LogP contribution in [0.5, 0.6) is 0 Å². The highest BCUT2D eigenvalue weighted by molar-refractivity contribution is 6.04. The Labute approximate surface area is 152 Å². The van der Waals surface area contributed by atoms with Crippen molar-refractivity contribution in [1.82, 2.24) is 40.0 Å². The van der Waals surface area contributed by atoms with E-state index in [0.29, 0.717) is 28.6 Å². The van der Waals surface area contributed by atoms with Crippen molar-refractivity contribution in [3.8, 4) is 23.0 Å². The second kappa shape index (κ2) is 6.33. The normalized spacial score (nSPS) is 10.9. The number of nitrogen functional groups attached to an aromatic ring is 1. The minimum Gasteiger partial charge on any atom is -0.444 e. The van der Waals surface area contributed by atoms with Gasteiger partial charge in [-0.25, -0.2) is 14.6 Å². The van der Waals surface area contributed by atoms with Crippen molar-refractivity contribution in [2.75, 3.05) is 11.1 Å². The number of tetrazole rings is 1. The van der Waals surface area contributed by atoms with Crippen molar-refractivity contribution in [3.63, 3.8) is 0 Å². The molecule has 0 unspecified atom stereocenters. The molecule has 0 fully saturated rings. The van der Waals surface area contributed by atoms with E-state index >= 15 is 0 Å². The Morgan fingerprint density at radius 2 is 2.19 bits per heavy atom. The monoisotopic (exact) mass is 366 g/mol. The summed E-state index contributed by atoms with van der Waals surface area (Å²) in [5.74, 6) is 0.544. The zero-order valence-corrected chi connectivity index (χ0v) is 14.4. The largest absolute Gasteiger partial charge is 0.444 e. The number of amides is 1.